The molecule has 0 bridgehead atoms. The van der Waals surface area contributed by atoms with E-state index in [0.717, 1.165) is 41.9 Å². The maximum Gasteiger partial charge on any atom is 0.410 e. The normalized spacial score (nSPS) is 26.3. The van der Waals surface area contributed by atoms with Gasteiger partial charge in [-0.3, -0.25) is 19.3 Å². The van der Waals surface area contributed by atoms with Crippen molar-refractivity contribution < 1.29 is 46.3 Å². The molecule has 17 heteroatoms. The van der Waals surface area contributed by atoms with E-state index in [1.165, 1.54) is 21.9 Å². The van der Waals surface area contributed by atoms with Crippen molar-refractivity contribution in [2.45, 2.75) is 132 Å². The van der Waals surface area contributed by atoms with Crippen molar-refractivity contribution in [2.24, 2.45) is 5.92 Å². The van der Waals surface area contributed by atoms with Gasteiger partial charge in [0.15, 0.2) is 0 Å². The third-order valence-electron chi connectivity index (χ3n) is 10.4. The van der Waals surface area contributed by atoms with E-state index in [1.54, 1.807) is 45.9 Å². The van der Waals surface area contributed by atoms with Gasteiger partial charge in [-0.2, -0.15) is 0 Å². The van der Waals surface area contributed by atoms with E-state index in [-0.39, 0.29) is 49.0 Å². The summed E-state index contributed by atoms with van der Waals surface area (Å²) in [5, 5.41) is 5.51. The molecule has 3 aliphatic heterocycles. The highest BCUT2D eigenvalue weighted by Crippen LogP contribution is 2.48. The second-order valence-corrected chi connectivity index (χ2v) is 18.9. The summed E-state index contributed by atoms with van der Waals surface area (Å²) >= 11 is 1.02. The Morgan fingerprint density at radius 3 is 2.43 bits per heavy atom. The van der Waals surface area contributed by atoms with Gasteiger partial charge in [-0.15, -0.1) is 11.3 Å². The number of hydrogen-bond acceptors (Lipinski definition) is 10. The van der Waals surface area contributed by atoms with Crippen LogP contribution >= 0.6 is 11.3 Å². The van der Waals surface area contributed by atoms with E-state index >= 15 is 0 Å². The summed E-state index contributed by atoms with van der Waals surface area (Å²) in [4.78, 5) is 72.2. The predicted octanol–water partition coefficient (Wildman–Crippen LogP) is 4.63. The number of nitrogens with zero attached hydrogens (tertiary/aromatic N) is 2. The highest BCUT2D eigenvalue weighted by atomic mass is 32.2. The van der Waals surface area contributed by atoms with Crippen LogP contribution in [0.15, 0.2) is 34.5 Å². The maximum atomic E-state index is 14.4. The average Bonchev–Trinajstić information content (AvgIpc) is 3.46. The molecule has 5 amide bonds. The molecule has 2 aromatic rings. The molecule has 3 fully saturated rings. The van der Waals surface area contributed by atoms with Crippen molar-refractivity contribution in [3.63, 3.8) is 0 Å². The monoisotopic (exact) mass is 789 g/mol. The lowest BCUT2D eigenvalue weighted by atomic mass is 10.0. The fourth-order valence-corrected chi connectivity index (χ4v) is 9.89. The van der Waals surface area contributed by atoms with Crippen LogP contribution in [0.25, 0.3) is 0 Å². The SMILES string of the molecule is Cc1ccc(S(=O)(=O)NC(=O)[C@@]23C[C@H]2CCCCCCC[C@H](NC(=O)OC(C)(C)C)C(=O)N2C[C@H](OC(=O)N4Cc5cccc(F)c5C4)C[C@H]2C(=O)N3)s1. The van der Waals surface area contributed by atoms with Gasteiger partial charge in [0, 0.05) is 23.4 Å². The molecule has 0 spiro atoms. The minimum atomic E-state index is -4.23. The van der Waals surface area contributed by atoms with Crippen molar-refractivity contribution in [1.82, 2.24) is 25.2 Å². The number of thiophene rings is 1. The van der Waals surface area contributed by atoms with Crippen LogP contribution in [0, 0.1) is 18.7 Å². The van der Waals surface area contributed by atoms with Crippen LogP contribution in [-0.2, 0) is 47.0 Å². The number of hydrogen-bond donors (Lipinski definition) is 3. The second-order valence-electron chi connectivity index (χ2n) is 15.7. The molecule has 14 nitrogen and oxygen atoms in total. The lowest BCUT2D eigenvalue weighted by molar-refractivity contribution is -0.141. The number of aryl methyl sites for hydroxylation is 1. The quantitative estimate of drug-likeness (QED) is 0.389. The highest BCUT2D eigenvalue weighted by molar-refractivity contribution is 7.92. The molecule has 294 valence electrons. The molecule has 2 saturated heterocycles. The molecule has 0 unspecified atom stereocenters. The summed E-state index contributed by atoms with van der Waals surface area (Å²) in [6.45, 7) is 6.76. The standard InChI is InChI=1S/C37H48FN5O9S2/c1-22-15-16-30(53-22)54(49,50)41-33(46)37-18-24(37)12-8-6-5-7-9-14-28(39-34(47)52-36(2,3)4)32(45)43-20-25(17-29(43)31(44)40-37)51-35(48)42-19-23-11-10-13-27(38)26(23)21-42/h10-11,13,15-16,24-25,28-29H,5-9,12,14,17-21H2,1-4H3,(H,39,47)(H,40,44)(H,41,46)/t24-,25-,28+,29+,37-/m1/s1. The van der Waals surface area contributed by atoms with E-state index in [0.29, 0.717) is 24.0 Å². The minimum Gasteiger partial charge on any atom is -0.444 e. The van der Waals surface area contributed by atoms with Gasteiger partial charge in [0.1, 0.15) is 39.4 Å². The Bertz CT molecular complexity index is 1910. The molecule has 4 heterocycles. The van der Waals surface area contributed by atoms with Crippen LogP contribution in [0.2, 0.25) is 0 Å². The number of carbonyl (C=O) groups excluding carboxylic acids is 5. The molecule has 1 aromatic heterocycles. The first-order valence-electron chi connectivity index (χ1n) is 18.4. The summed E-state index contributed by atoms with van der Waals surface area (Å²) in [6, 6.07) is 5.34. The Morgan fingerprint density at radius 2 is 1.74 bits per heavy atom. The molecule has 1 aromatic carbocycles. The Balaban J connectivity index is 1.26. The maximum absolute atomic E-state index is 14.4. The third kappa shape index (κ3) is 8.82. The average molecular weight is 790 g/mol. The zero-order valence-corrected chi connectivity index (χ0v) is 32.6. The number of halogens is 1. The minimum absolute atomic E-state index is 0.00499. The van der Waals surface area contributed by atoms with Crippen molar-refractivity contribution in [3.8, 4) is 0 Å². The summed E-state index contributed by atoms with van der Waals surface area (Å²) in [7, 11) is -4.23. The smallest absolute Gasteiger partial charge is 0.410 e. The molecule has 0 radical (unpaired) electrons. The molecule has 5 atom stereocenters. The summed E-state index contributed by atoms with van der Waals surface area (Å²) in [5.41, 5.74) is -1.35. The number of nitrogens with one attached hydrogen (secondary N) is 3. The van der Waals surface area contributed by atoms with Crippen LogP contribution in [-0.4, -0.2) is 84.0 Å². The molecule has 1 aliphatic carbocycles. The third-order valence-corrected chi connectivity index (χ3v) is 13.2. The number of rotatable bonds is 5. The van der Waals surface area contributed by atoms with E-state index in [4.69, 9.17) is 9.47 Å². The van der Waals surface area contributed by atoms with E-state index in [2.05, 4.69) is 15.4 Å². The highest BCUT2D eigenvalue weighted by Gasteiger charge is 2.62. The lowest BCUT2D eigenvalue weighted by Gasteiger charge is -2.30. The summed E-state index contributed by atoms with van der Waals surface area (Å²) in [5.74, 6) is -2.95. The van der Waals surface area contributed by atoms with Gasteiger partial charge in [-0.1, -0.05) is 44.2 Å². The van der Waals surface area contributed by atoms with Crippen LogP contribution in [0.3, 0.4) is 0 Å². The van der Waals surface area contributed by atoms with Gasteiger partial charge in [-0.05, 0) is 76.6 Å². The number of ether oxygens (including phenoxy) is 2. The first-order valence-corrected chi connectivity index (χ1v) is 20.7. The molecular formula is C37H48FN5O9S2. The Labute approximate surface area is 318 Å². The van der Waals surface area contributed by atoms with E-state index in [1.807, 2.05) is 0 Å². The van der Waals surface area contributed by atoms with E-state index in [9.17, 15) is 36.8 Å². The van der Waals surface area contributed by atoms with Crippen LogP contribution in [0.4, 0.5) is 14.0 Å². The lowest BCUT2D eigenvalue weighted by Crippen LogP contribution is -2.58. The number of benzene rings is 1. The number of fused-ring (bicyclic) bond motifs is 3. The number of alkyl carbamates (subject to hydrolysis) is 1. The van der Waals surface area contributed by atoms with Crippen molar-refractivity contribution in [1.29, 1.82) is 0 Å². The van der Waals surface area contributed by atoms with Crippen molar-refractivity contribution >= 4 is 51.3 Å². The van der Waals surface area contributed by atoms with Gasteiger partial charge in [0.05, 0.1) is 13.1 Å². The Hall–Kier alpha value is -4.25. The summed E-state index contributed by atoms with van der Waals surface area (Å²) < 4.78 is 54.3. The van der Waals surface area contributed by atoms with Gasteiger partial charge in [0.2, 0.25) is 11.8 Å². The van der Waals surface area contributed by atoms with Crippen LogP contribution in [0.1, 0.15) is 94.6 Å². The largest absolute Gasteiger partial charge is 0.444 e. The Morgan fingerprint density at radius 1 is 1.02 bits per heavy atom. The molecule has 54 heavy (non-hydrogen) atoms. The predicted molar refractivity (Wildman–Crippen MR) is 195 cm³/mol. The fourth-order valence-electron chi connectivity index (χ4n) is 7.57. The number of sulfonamides is 1. The van der Waals surface area contributed by atoms with Gasteiger partial charge >= 0.3 is 12.2 Å². The van der Waals surface area contributed by atoms with Crippen molar-refractivity contribution in [2.75, 3.05) is 6.54 Å². The van der Waals surface area contributed by atoms with Crippen LogP contribution in [0.5, 0.6) is 0 Å². The summed E-state index contributed by atoms with van der Waals surface area (Å²) in [6.07, 6.45) is 2.13. The topological polar surface area (TPSA) is 181 Å². The number of carbonyl (C=O) groups is 5. The zero-order chi connectivity index (χ0) is 39.0. The zero-order valence-electron chi connectivity index (χ0n) is 30.9. The molecule has 3 N–H and O–H groups in total. The molecular weight excluding hydrogens is 742 g/mol. The molecule has 1 saturated carbocycles. The molecule has 6 rings (SSSR count). The van der Waals surface area contributed by atoms with Crippen molar-refractivity contribution in [3.05, 3.63) is 52.2 Å². The van der Waals surface area contributed by atoms with Crippen LogP contribution < -0.4 is 15.4 Å². The van der Waals surface area contributed by atoms with E-state index < -0.39 is 75.1 Å². The first kappa shape index (κ1) is 39.4. The molecule has 4 aliphatic rings. The van der Waals surface area contributed by atoms with Gasteiger partial charge in [0.25, 0.3) is 15.9 Å². The number of amides is 5. The fraction of sp³-hybridized carbons (Fsp3) is 0.595. The first-order chi connectivity index (χ1) is 25.5. The van der Waals surface area contributed by atoms with Gasteiger partial charge < -0.3 is 25.0 Å². The second kappa shape index (κ2) is 15.5. The van der Waals surface area contributed by atoms with Gasteiger partial charge in [-0.25, -0.2) is 27.1 Å². The Kier molecular flexibility index (Phi) is 11.3.